The van der Waals surface area contributed by atoms with Crippen LogP contribution in [0.4, 0.5) is 11.4 Å². The number of carbonyl (C=O) groups excluding carboxylic acids is 2. The number of benzene rings is 2. The Kier molecular flexibility index (Phi) is 5.09. The molecule has 0 saturated heterocycles. The van der Waals surface area contributed by atoms with Crippen LogP contribution in [0.15, 0.2) is 36.4 Å². The van der Waals surface area contributed by atoms with Crippen LogP contribution in [0.3, 0.4) is 0 Å². The van der Waals surface area contributed by atoms with Crippen molar-refractivity contribution in [1.29, 1.82) is 0 Å². The highest BCUT2D eigenvalue weighted by molar-refractivity contribution is 6.33. The van der Waals surface area contributed by atoms with Gasteiger partial charge in [0.15, 0.2) is 17.3 Å². The Morgan fingerprint density at radius 2 is 1.84 bits per heavy atom. The minimum Gasteiger partial charge on any atom is -0.486 e. The lowest BCUT2D eigenvalue weighted by molar-refractivity contribution is -0.114. The number of halogens is 1. The van der Waals surface area contributed by atoms with E-state index < -0.39 is 0 Å². The lowest BCUT2D eigenvalue weighted by Crippen LogP contribution is -2.22. The van der Waals surface area contributed by atoms with Crippen molar-refractivity contribution in [3.63, 3.8) is 0 Å². The number of rotatable bonds is 5. The Labute approximate surface area is 150 Å². The van der Waals surface area contributed by atoms with Crippen molar-refractivity contribution < 1.29 is 19.1 Å². The monoisotopic (exact) mass is 360 g/mol. The summed E-state index contributed by atoms with van der Waals surface area (Å²) in [6, 6.07) is 10.1. The predicted molar refractivity (Wildman–Crippen MR) is 96.0 cm³/mol. The minimum absolute atomic E-state index is 0.0175. The van der Waals surface area contributed by atoms with Crippen LogP contribution in [0, 0.1) is 0 Å². The zero-order valence-electron chi connectivity index (χ0n) is 13.6. The van der Waals surface area contributed by atoms with E-state index in [1.54, 1.807) is 36.4 Å². The minimum atomic E-state index is -0.258. The number of nitrogens with one attached hydrogen (secondary N) is 2. The molecule has 1 aliphatic rings. The molecule has 1 heterocycles. The number of hydrogen-bond acceptors (Lipinski definition) is 5. The standard InChI is InChI=1S/C18H17ClN2O4/c1-11(22)12-3-2-4-13(7-12)21-18(23)10-20-15-9-17-16(8-14(15)19)24-5-6-25-17/h2-4,7-9,20H,5-6,10H2,1H3,(H,21,23). The molecule has 0 radical (unpaired) electrons. The predicted octanol–water partition coefficient (Wildman–Crippen LogP) is 3.36. The number of carbonyl (C=O) groups is 2. The largest absolute Gasteiger partial charge is 0.486 e. The average Bonchev–Trinajstić information content (AvgIpc) is 2.60. The Morgan fingerprint density at radius 1 is 1.12 bits per heavy atom. The van der Waals surface area contributed by atoms with E-state index in [0.717, 1.165) is 0 Å². The molecule has 0 fully saturated rings. The van der Waals surface area contributed by atoms with Crippen molar-refractivity contribution in [2.75, 3.05) is 30.4 Å². The third-order valence-electron chi connectivity index (χ3n) is 3.62. The van der Waals surface area contributed by atoms with Crippen molar-refractivity contribution in [2.45, 2.75) is 6.92 Å². The quantitative estimate of drug-likeness (QED) is 0.799. The molecule has 1 aliphatic heterocycles. The number of fused-ring (bicyclic) bond motifs is 1. The first-order valence-electron chi connectivity index (χ1n) is 7.77. The van der Waals surface area contributed by atoms with Gasteiger partial charge in [0.25, 0.3) is 0 Å². The molecule has 2 aromatic carbocycles. The van der Waals surface area contributed by atoms with E-state index in [0.29, 0.717) is 46.7 Å². The van der Waals surface area contributed by atoms with E-state index in [4.69, 9.17) is 21.1 Å². The fourth-order valence-corrected chi connectivity index (χ4v) is 2.62. The van der Waals surface area contributed by atoms with Gasteiger partial charge in [-0.05, 0) is 19.1 Å². The fraction of sp³-hybridized carbons (Fsp3) is 0.222. The van der Waals surface area contributed by atoms with Crippen LogP contribution in [0.25, 0.3) is 0 Å². The van der Waals surface area contributed by atoms with Crippen LogP contribution in [0.5, 0.6) is 11.5 Å². The van der Waals surface area contributed by atoms with Gasteiger partial charge in [0, 0.05) is 23.4 Å². The van der Waals surface area contributed by atoms with E-state index in [9.17, 15) is 9.59 Å². The molecule has 7 heteroatoms. The first kappa shape index (κ1) is 17.1. The van der Waals surface area contributed by atoms with Gasteiger partial charge in [0.2, 0.25) is 5.91 Å². The maximum absolute atomic E-state index is 12.1. The van der Waals surface area contributed by atoms with Crippen LogP contribution in [0.2, 0.25) is 5.02 Å². The zero-order valence-corrected chi connectivity index (χ0v) is 14.4. The van der Waals surface area contributed by atoms with Crippen LogP contribution in [-0.2, 0) is 4.79 Å². The Hall–Kier alpha value is -2.73. The van der Waals surface area contributed by atoms with Crippen LogP contribution < -0.4 is 20.1 Å². The Balaban J connectivity index is 1.63. The number of hydrogen-bond donors (Lipinski definition) is 2. The summed E-state index contributed by atoms with van der Waals surface area (Å²) in [7, 11) is 0. The van der Waals surface area contributed by atoms with Gasteiger partial charge in [-0.2, -0.15) is 0 Å². The maximum atomic E-state index is 12.1. The van der Waals surface area contributed by atoms with E-state index in [1.807, 2.05) is 0 Å². The van der Waals surface area contributed by atoms with E-state index in [2.05, 4.69) is 10.6 Å². The molecule has 0 saturated carbocycles. The molecule has 0 unspecified atom stereocenters. The third kappa shape index (κ3) is 4.22. The van der Waals surface area contributed by atoms with Gasteiger partial charge >= 0.3 is 0 Å². The molecule has 2 N–H and O–H groups in total. The van der Waals surface area contributed by atoms with Crippen molar-refractivity contribution in [2.24, 2.45) is 0 Å². The van der Waals surface area contributed by atoms with E-state index in [1.165, 1.54) is 6.92 Å². The van der Waals surface area contributed by atoms with Gasteiger partial charge < -0.3 is 20.1 Å². The summed E-state index contributed by atoms with van der Waals surface area (Å²) in [4.78, 5) is 23.5. The second kappa shape index (κ2) is 7.44. The summed E-state index contributed by atoms with van der Waals surface area (Å²) in [6.07, 6.45) is 0. The summed E-state index contributed by atoms with van der Waals surface area (Å²) in [5, 5.41) is 6.15. The summed E-state index contributed by atoms with van der Waals surface area (Å²) in [5.41, 5.74) is 1.69. The summed E-state index contributed by atoms with van der Waals surface area (Å²) in [6.45, 7) is 2.45. The number of anilines is 2. The second-order valence-corrected chi connectivity index (χ2v) is 5.92. The zero-order chi connectivity index (χ0) is 17.8. The Bertz CT molecular complexity index is 823. The Morgan fingerprint density at radius 3 is 2.56 bits per heavy atom. The highest BCUT2D eigenvalue weighted by Gasteiger charge is 2.15. The molecule has 0 bridgehead atoms. The van der Waals surface area contributed by atoms with Crippen molar-refractivity contribution >= 4 is 34.7 Å². The second-order valence-electron chi connectivity index (χ2n) is 5.51. The van der Waals surface area contributed by atoms with Gasteiger partial charge in [0.1, 0.15) is 13.2 Å². The van der Waals surface area contributed by atoms with E-state index in [-0.39, 0.29) is 18.2 Å². The number of ketones is 1. The van der Waals surface area contributed by atoms with Crippen molar-refractivity contribution in [1.82, 2.24) is 0 Å². The maximum Gasteiger partial charge on any atom is 0.243 e. The first-order chi connectivity index (χ1) is 12.0. The van der Waals surface area contributed by atoms with Gasteiger partial charge in [-0.1, -0.05) is 23.7 Å². The molecule has 25 heavy (non-hydrogen) atoms. The molecular formula is C18H17ClN2O4. The van der Waals surface area contributed by atoms with Gasteiger partial charge in [-0.3, -0.25) is 9.59 Å². The molecule has 1 amide bonds. The van der Waals surface area contributed by atoms with Gasteiger partial charge in [0.05, 0.1) is 17.3 Å². The molecule has 0 spiro atoms. The third-order valence-corrected chi connectivity index (χ3v) is 3.94. The normalized spacial score (nSPS) is 12.4. The first-order valence-corrected chi connectivity index (χ1v) is 8.14. The van der Waals surface area contributed by atoms with Crippen LogP contribution in [-0.4, -0.2) is 31.4 Å². The van der Waals surface area contributed by atoms with Gasteiger partial charge in [-0.15, -0.1) is 0 Å². The summed E-state index contributed by atoms with van der Waals surface area (Å²) >= 11 is 6.19. The number of Topliss-reactive ketones (excluding diaryl/α,β-unsaturated/α-hetero) is 1. The smallest absolute Gasteiger partial charge is 0.243 e. The molecular weight excluding hydrogens is 344 g/mol. The topological polar surface area (TPSA) is 76.7 Å². The number of ether oxygens (including phenoxy) is 2. The summed E-state index contributed by atoms with van der Waals surface area (Å²) < 4.78 is 11.0. The molecule has 3 rings (SSSR count). The lowest BCUT2D eigenvalue weighted by atomic mass is 10.1. The van der Waals surface area contributed by atoms with E-state index >= 15 is 0 Å². The lowest BCUT2D eigenvalue weighted by Gasteiger charge is -2.20. The average molecular weight is 361 g/mol. The molecule has 130 valence electrons. The van der Waals surface area contributed by atoms with Crippen molar-refractivity contribution in [3.8, 4) is 11.5 Å². The highest BCUT2D eigenvalue weighted by atomic mass is 35.5. The number of amides is 1. The highest BCUT2D eigenvalue weighted by Crippen LogP contribution is 2.37. The van der Waals surface area contributed by atoms with Crippen LogP contribution >= 0.6 is 11.6 Å². The molecule has 6 nitrogen and oxygen atoms in total. The SMILES string of the molecule is CC(=O)c1cccc(NC(=O)CNc2cc3c(cc2Cl)OCCO3)c1. The van der Waals surface area contributed by atoms with Crippen molar-refractivity contribution in [3.05, 3.63) is 47.0 Å². The molecule has 0 atom stereocenters. The summed E-state index contributed by atoms with van der Waals surface area (Å²) in [5.74, 6) is 0.865. The molecule has 0 aromatic heterocycles. The fourth-order valence-electron chi connectivity index (χ4n) is 2.40. The van der Waals surface area contributed by atoms with Crippen LogP contribution in [0.1, 0.15) is 17.3 Å². The van der Waals surface area contributed by atoms with Gasteiger partial charge in [-0.25, -0.2) is 0 Å². The molecule has 0 aliphatic carbocycles. The molecule has 2 aromatic rings.